The summed E-state index contributed by atoms with van der Waals surface area (Å²) in [6, 6.07) is 0. The van der Waals surface area contributed by atoms with Crippen LogP contribution >= 0.6 is 0 Å². The minimum Gasteiger partial charge on any atom is -0.481 e. The second-order valence-electron chi connectivity index (χ2n) is 5.22. The van der Waals surface area contributed by atoms with E-state index >= 15 is 0 Å². The van der Waals surface area contributed by atoms with Crippen LogP contribution in [0.15, 0.2) is 48.6 Å². The molecule has 3 heteroatoms. The van der Waals surface area contributed by atoms with Gasteiger partial charge in [0.2, 0.25) is 0 Å². The second-order valence-corrected chi connectivity index (χ2v) is 5.22. The Morgan fingerprint density at radius 2 is 1.68 bits per heavy atom. The van der Waals surface area contributed by atoms with E-state index in [0.29, 0.717) is 6.42 Å². The van der Waals surface area contributed by atoms with Crippen LogP contribution in [0, 0.1) is 0 Å². The molecule has 1 atom stereocenters. The highest BCUT2D eigenvalue weighted by atomic mass is 16.4. The van der Waals surface area contributed by atoms with Crippen molar-refractivity contribution in [2.24, 2.45) is 0 Å². The molecule has 0 bridgehead atoms. The Labute approximate surface area is 134 Å². The van der Waals surface area contributed by atoms with E-state index in [-0.39, 0.29) is 12.5 Å². The van der Waals surface area contributed by atoms with Crippen molar-refractivity contribution in [3.8, 4) is 0 Å². The van der Waals surface area contributed by atoms with Gasteiger partial charge in [-0.3, -0.25) is 4.79 Å². The number of hydrogen-bond donors (Lipinski definition) is 2. The first kappa shape index (κ1) is 20.4. The lowest BCUT2D eigenvalue weighted by atomic mass is 10.1. The quantitative estimate of drug-likeness (QED) is 0.292. The Morgan fingerprint density at radius 3 is 2.36 bits per heavy atom. The van der Waals surface area contributed by atoms with Crippen LogP contribution in [-0.4, -0.2) is 22.3 Å². The molecule has 0 aromatic carbocycles. The van der Waals surface area contributed by atoms with Crippen molar-refractivity contribution >= 4 is 5.97 Å². The predicted octanol–water partition coefficient (Wildman–Crippen LogP) is 4.80. The van der Waals surface area contributed by atoms with Crippen molar-refractivity contribution in [3.63, 3.8) is 0 Å². The Morgan fingerprint density at radius 1 is 1.00 bits per heavy atom. The number of allylic oxidation sites excluding steroid dienone is 7. The molecule has 124 valence electrons. The van der Waals surface area contributed by atoms with Crippen LogP contribution < -0.4 is 0 Å². The van der Waals surface area contributed by atoms with Gasteiger partial charge in [-0.2, -0.15) is 0 Å². The zero-order chi connectivity index (χ0) is 16.5. The van der Waals surface area contributed by atoms with Gasteiger partial charge in [-0.25, -0.2) is 0 Å². The maximum Gasteiger partial charge on any atom is 0.303 e. The molecule has 0 rings (SSSR count). The Hall–Kier alpha value is -1.61. The molecule has 22 heavy (non-hydrogen) atoms. The molecule has 0 fully saturated rings. The standard InChI is InChI=1S/C19H30O3/c1-2-3-15-18(20)16-13-11-9-7-5-4-6-8-10-12-14-17-19(21)22/h4-5,8-11,13,16,18,20H,2-3,6-7,12,14-15,17H2,1H3,(H,21,22)/b5-4-,10-8-,11-9-,16-13+/t18-/m1/s1. The summed E-state index contributed by atoms with van der Waals surface area (Å²) in [7, 11) is 0. The van der Waals surface area contributed by atoms with Gasteiger partial charge in [-0.05, 0) is 32.1 Å². The van der Waals surface area contributed by atoms with Crippen LogP contribution in [0.2, 0.25) is 0 Å². The molecule has 0 saturated carbocycles. The van der Waals surface area contributed by atoms with Gasteiger partial charge in [-0.15, -0.1) is 0 Å². The molecule has 0 heterocycles. The number of hydrogen-bond acceptors (Lipinski definition) is 2. The van der Waals surface area contributed by atoms with Crippen molar-refractivity contribution in [2.75, 3.05) is 0 Å². The molecular formula is C19H30O3. The van der Waals surface area contributed by atoms with E-state index < -0.39 is 5.97 Å². The van der Waals surface area contributed by atoms with E-state index in [1.807, 2.05) is 24.3 Å². The van der Waals surface area contributed by atoms with Crippen molar-refractivity contribution in [2.45, 2.75) is 64.4 Å². The lowest BCUT2D eigenvalue weighted by molar-refractivity contribution is -0.137. The number of aliphatic hydroxyl groups excluding tert-OH is 1. The number of carboxylic acid groups (broad SMARTS) is 1. The third kappa shape index (κ3) is 16.4. The topological polar surface area (TPSA) is 57.5 Å². The highest BCUT2D eigenvalue weighted by molar-refractivity contribution is 5.66. The van der Waals surface area contributed by atoms with E-state index in [0.717, 1.165) is 38.5 Å². The van der Waals surface area contributed by atoms with Gasteiger partial charge in [0, 0.05) is 6.42 Å². The largest absolute Gasteiger partial charge is 0.481 e. The molecule has 0 aromatic rings. The smallest absolute Gasteiger partial charge is 0.303 e. The van der Waals surface area contributed by atoms with Crippen molar-refractivity contribution in [1.82, 2.24) is 0 Å². The van der Waals surface area contributed by atoms with Crippen molar-refractivity contribution in [3.05, 3.63) is 48.6 Å². The first-order chi connectivity index (χ1) is 10.7. The molecule has 0 amide bonds. The Bertz CT molecular complexity index is 378. The number of aliphatic hydroxyl groups is 1. The summed E-state index contributed by atoms with van der Waals surface area (Å²) >= 11 is 0. The van der Waals surface area contributed by atoms with Gasteiger partial charge in [0.05, 0.1) is 6.10 Å². The zero-order valence-electron chi connectivity index (χ0n) is 13.7. The number of unbranched alkanes of at least 4 members (excludes halogenated alkanes) is 2. The number of carboxylic acids is 1. The summed E-state index contributed by atoms with van der Waals surface area (Å²) in [6.45, 7) is 2.12. The van der Waals surface area contributed by atoms with E-state index in [1.165, 1.54) is 0 Å². The SMILES string of the molecule is CCCC[C@@H](O)/C=C/C=C\C/C=C\C/C=C\CCCC(=O)O. The van der Waals surface area contributed by atoms with Gasteiger partial charge < -0.3 is 10.2 Å². The fraction of sp³-hybridized carbons (Fsp3) is 0.526. The first-order valence-electron chi connectivity index (χ1n) is 8.20. The fourth-order valence-electron chi connectivity index (χ4n) is 1.79. The molecule has 0 saturated heterocycles. The molecule has 0 aromatic heterocycles. The average Bonchev–Trinajstić information content (AvgIpc) is 2.49. The normalized spacial score (nSPS) is 13.9. The van der Waals surface area contributed by atoms with Crippen LogP contribution in [0.25, 0.3) is 0 Å². The predicted molar refractivity (Wildman–Crippen MR) is 92.8 cm³/mol. The summed E-state index contributed by atoms with van der Waals surface area (Å²) in [5.41, 5.74) is 0. The third-order valence-corrected chi connectivity index (χ3v) is 3.07. The minimum atomic E-state index is -0.730. The van der Waals surface area contributed by atoms with E-state index in [9.17, 15) is 9.90 Å². The maximum atomic E-state index is 10.3. The summed E-state index contributed by atoms with van der Waals surface area (Å²) in [5, 5.41) is 18.1. The minimum absolute atomic E-state index is 0.242. The Kier molecular flexibility index (Phi) is 14.6. The zero-order valence-corrected chi connectivity index (χ0v) is 13.7. The molecule has 3 nitrogen and oxygen atoms in total. The van der Waals surface area contributed by atoms with Crippen LogP contribution in [0.3, 0.4) is 0 Å². The summed E-state index contributed by atoms with van der Waals surface area (Å²) in [5.74, 6) is -0.730. The van der Waals surface area contributed by atoms with Crippen molar-refractivity contribution in [1.29, 1.82) is 0 Å². The maximum absolute atomic E-state index is 10.3. The van der Waals surface area contributed by atoms with Crippen molar-refractivity contribution < 1.29 is 15.0 Å². The summed E-state index contributed by atoms with van der Waals surface area (Å²) in [6.07, 6.45) is 22.2. The van der Waals surface area contributed by atoms with Gasteiger partial charge in [0.15, 0.2) is 0 Å². The highest BCUT2D eigenvalue weighted by Gasteiger charge is 1.95. The van der Waals surface area contributed by atoms with Gasteiger partial charge in [-0.1, -0.05) is 68.4 Å². The highest BCUT2D eigenvalue weighted by Crippen LogP contribution is 2.02. The monoisotopic (exact) mass is 306 g/mol. The van der Waals surface area contributed by atoms with Crippen LogP contribution in [0.5, 0.6) is 0 Å². The number of rotatable bonds is 13. The number of carbonyl (C=O) groups is 1. The molecule has 2 N–H and O–H groups in total. The molecule has 0 aliphatic carbocycles. The number of aliphatic carboxylic acids is 1. The van der Waals surface area contributed by atoms with E-state index in [1.54, 1.807) is 0 Å². The summed E-state index contributed by atoms with van der Waals surface area (Å²) in [4.78, 5) is 10.3. The molecule has 0 unspecified atom stereocenters. The molecule has 0 spiro atoms. The summed E-state index contributed by atoms with van der Waals surface area (Å²) < 4.78 is 0. The van der Waals surface area contributed by atoms with Gasteiger partial charge in [0.25, 0.3) is 0 Å². The third-order valence-electron chi connectivity index (χ3n) is 3.07. The van der Waals surface area contributed by atoms with Gasteiger partial charge in [0.1, 0.15) is 0 Å². The molecule has 0 radical (unpaired) electrons. The average molecular weight is 306 g/mol. The lowest BCUT2D eigenvalue weighted by Crippen LogP contribution is -2.00. The second kappa shape index (κ2) is 15.8. The molecular weight excluding hydrogens is 276 g/mol. The molecule has 0 aliphatic rings. The van der Waals surface area contributed by atoms with Crippen LogP contribution in [0.4, 0.5) is 0 Å². The van der Waals surface area contributed by atoms with Crippen LogP contribution in [-0.2, 0) is 4.79 Å². The van der Waals surface area contributed by atoms with Gasteiger partial charge >= 0.3 is 5.97 Å². The van der Waals surface area contributed by atoms with E-state index in [4.69, 9.17) is 5.11 Å². The lowest BCUT2D eigenvalue weighted by Gasteiger charge is -2.01. The molecule has 0 aliphatic heterocycles. The van der Waals surface area contributed by atoms with E-state index in [2.05, 4.69) is 31.2 Å². The fourth-order valence-corrected chi connectivity index (χ4v) is 1.79. The first-order valence-corrected chi connectivity index (χ1v) is 8.20. The Balaban J connectivity index is 3.57. The van der Waals surface area contributed by atoms with Crippen LogP contribution in [0.1, 0.15) is 58.3 Å².